The Bertz CT molecular complexity index is 1260. The lowest BCUT2D eigenvalue weighted by Gasteiger charge is -2.24. The Balaban J connectivity index is 4.52. The summed E-state index contributed by atoms with van der Waals surface area (Å²) < 4.78 is 34.2. The van der Waals surface area contributed by atoms with Gasteiger partial charge in [0.25, 0.3) is 0 Å². The van der Waals surface area contributed by atoms with E-state index in [0.29, 0.717) is 23.9 Å². The summed E-state index contributed by atoms with van der Waals surface area (Å²) in [5, 5.41) is 0. The topological polar surface area (TPSA) is 108 Å². The standard InChI is InChI=1S/C48H82NO8P/c1-6-8-10-12-14-16-18-20-22-23-24-25-27-29-31-33-35-37-39-41-48(51)57-46(45-56-58(52,53)55-43-42-49(3,4)5)44-54-47(50)40-38-36-34-32-30-28-26-21-19-17-15-13-11-9-7-2/h8,10,14,16,20,22,24-25,28-31,35,37,46H,6-7,9,11-13,15,17-19,21,23,26-27,32-34,36,38-45H2,1-5H3/p+1/b10-8+,16-14+,22-20+,25-24+,30-28+,31-29+,37-35+/t46-/m1/s1. The van der Waals surface area contributed by atoms with E-state index in [-0.39, 0.29) is 26.1 Å². The number of esters is 2. The summed E-state index contributed by atoms with van der Waals surface area (Å²) in [4.78, 5) is 35.3. The molecule has 0 aromatic heterocycles. The molecule has 0 aromatic rings. The summed E-state index contributed by atoms with van der Waals surface area (Å²) in [7, 11) is 1.41. The van der Waals surface area contributed by atoms with Gasteiger partial charge < -0.3 is 18.9 Å². The Morgan fingerprint density at radius 1 is 0.552 bits per heavy atom. The zero-order chi connectivity index (χ0) is 42.8. The molecular formula is C48H83NO8P+. The van der Waals surface area contributed by atoms with Gasteiger partial charge in [-0.3, -0.25) is 18.6 Å². The number of hydrogen-bond donors (Lipinski definition) is 1. The van der Waals surface area contributed by atoms with Gasteiger partial charge in [0.2, 0.25) is 0 Å². The third-order valence-corrected chi connectivity index (χ3v) is 9.91. The molecule has 0 heterocycles. The quantitative estimate of drug-likeness (QED) is 0.0214. The highest BCUT2D eigenvalue weighted by molar-refractivity contribution is 7.47. The molecule has 0 amide bonds. The third-order valence-electron chi connectivity index (χ3n) is 8.92. The van der Waals surface area contributed by atoms with Crippen molar-refractivity contribution in [2.75, 3.05) is 47.5 Å². The fourth-order valence-corrected chi connectivity index (χ4v) is 6.19. The van der Waals surface area contributed by atoms with Crippen LogP contribution in [0.2, 0.25) is 0 Å². The highest BCUT2D eigenvalue weighted by Gasteiger charge is 2.27. The van der Waals surface area contributed by atoms with Crippen molar-refractivity contribution < 1.29 is 42.1 Å². The minimum absolute atomic E-state index is 0.0116. The molecule has 0 aliphatic heterocycles. The van der Waals surface area contributed by atoms with E-state index in [4.69, 9.17) is 18.5 Å². The average molecular weight is 833 g/mol. The fraction of sp³-hybridized carbons (Fsp3) is 0.667. The Morgan fingerprint density at radius 3 is 1.53 bits per heavy atom. The van der Waals surface area contributed by atoms with E-state index in [1.165, 1.54) is 51.4 Å². The van der Waals surface area contributed by atoms with Crippen LogP contribution in [0, 0.1) is 0 Å². The first kappa shape index (κ1) is 55.2. The van der Waals surface area contributed by atoms with Crippen molar-refractivity contribution in [1.82, 2.24) is 0 Å². The Kier molecular flexibility index (Phi) is 37.7. The van der Waals surface area contributed by atoms with Crippen LogP contribution in [-0.4, -0.2) is 74.9 Å². The van der Waals surface area contributed by atoms with E-state index in [9.17, 15) is 19.0 Å². The normalized spacial score (nSPS) is 14.4. The van der Waals surface area contributed by atoms with Crippen LogP contribution in [0.4, 0.5) is 0 Å². The van der Waals surface area contributed by atoms with E-state index < -0.39 is 32.5 Å². The molecule has 0 radical (unpaired) electrons. The zero-order valence-corrected chi connectivity index (χ0v) is 38.1. The summed E-state index contributed by atoms with van der Waals surface area (Å²) in [6, 6.07) is 0. The molecule has 10 heteroatoms. The van der Waals surface area contributed by atoms with Crippen LogP contribution >= 0.6 is 7.82 Å². The lowest BCUT2D eigenvalue weighted by molar-refractivity contribution is -0.870. The number of carbonyl (C=O) groups is 2. The Labute approximate surface area is 354 Å². The summed E-state index contributed by atoms with van der Waals surface area (Å²) in [6.45, 7) is 4.18. The predicted molar refractivity (Wildman–Crippen MR) is 242 cm³/mol. The average Bonchev–Trinajstić information content (AvgIpc) is 3.17. The van der Waals surface area contributed by atoms with E-state index in [2.05, 4.69) is 86.8 Å². The van der Waals surface area contributed by atoms with Gasteiger partial charge in [-0.25, -0.2) is 4.57 Å². The first-order valence-corrected chi connectivity index (χ1v) is 23.8. The molecule has 332 valence electrons. The number of nitrogens with zero attached hydrogens (tertiary/aromatic N) is 1. The number of unbranched alkanes of at least 4 members (excludes halogenated alkanes) is 11. The third kappa shape index (κ3) is 42.8. The molecule has 2 atom stereocenters. The number of carbonyl (C=O) groups excluding carboxylic acids is 2. The van der Waals surface area contributed by atoms with Crippen LogP contribution in [0.25, 0.3) is 0 Å². The van der Waals surface area contributed by atoms with E-state index in [0.717, 1.165) is 64.2 Å². The molecule has 0 saturated heterocycles. The molecule has 0 spiro atoms. The van der Waals surface area contributed by atoms with Gasteiger partial charge in [0.1, 0.15) is 19.8 Å². The maximum Gasteiger partial charge on any atom is 0.472 e. The van der Waals surface area contributed by atoms with Gasteiger partial charge in [-0.15, -0.1) is 0 Å². The fourth-order valence-electron chi connectivity index (χ4n) is 5.44. The van der Waals surface area contributed by atoms with E-state index in [1.807, 2.05) is 33.3 Å². The minimum atomic E-state index is -4.40. The van der Waals surface area contributed by atoms with Gasteiger partial charge in [-0.2, -0.15) is 0 Å². The molecular weight excluding hydrogens is 750 g/mol. The summed E-state index contributed by atoms with van der Waals surface area (Å²) in [5.74, 6) is -0.922. The number of phosphoric ester groups is 1. The summed E-state index contributed by atoms with van der Waals surface area (Å²) >= 11 is 0. The van der Waals surface area contributed by atoms with Gasteiger partial charge in [0.05, 0.1) is 27.7 Å². The monoisotopic (exact) mass is 833 g/mol. The van der Waals surface area contributed by atoms with Crippen molar-refractivity contribution in [1.29, 1.82) is 0 Å². The molecule has 0 fully saturated rings. The van der Waals surface area contributed by atoms with Gasteiger partial charge >= 0.3 is 19.8 Å². The largest absolute Gasteiger partial charge is 0.472 e. The molecule has 0 aliphatic carbocycles. The van der Waals surface area contributed by atoms with Gasteiger partial charge in [-0.05, 0) is 77.0 Å². The van der Waals surface area contributed by atoms with E-state index >= 15 is 0 Å². The molecule has 0 rings (SSSR count). The van der Waals surface area contributed by atoms with Crippen molar-refractivity contribution >= 4 is 19.8 Å². The maximum atomic E-state index is 12.7. The number of rotatable bonds is 39. The predicted octanol–water partition coefficient (Wildman–Crippen LogP) is 12.8. The number of ether oxygens (including phenoxy) is 2. The number of allylic oxidation sites excluding steroid dienone is 14. The number of hydrogen-bond acceptors (Lipinski definition) is 7. The van der Waals surface area contributed by atoms with Crippen molar-refractivity contribution in [2.24, 2.45) is 0 Å². The molecule has 58 heavy (non-hydrogen) atoms. The second-order valence-electron chi connectivity index (χ2n) is 15.7. The lowest BCUT2D eigenvalue weighted by Crippen LogP contribution is -2.37. The SMILES string of the molecule is CC/C=C/C/C=C/C/C=C/C/C=C/C/C=C/C/C=C/CCC(=O)O[C@H](COC(=O)CCCCC/C=C/CCCCCCCCCC)COP(=O)(O)OCC[N+](C)(C)C. The van der Waals surface area contributed by atoms with Crippen LogP contribution in [0.5, 0.6) is 0 Å². The first-order chi connectivity index (χ1) is 28.0. The molecule has 0 aliphatic rings. The van der Waals surface area contributed by atoms with Crippen LogP contribution in [0.1, 0.15) is 155 Å². The molecule has 0 saturated carbocycles. The van der Waals surface area contributed by atoms with Crippen molar-refractivity contribution in [3.63, 3.8) is 0 Å². The summed E-state index contributed by atoms with van der Waals surface area (Å²) in [6.07, 6.45) is 50.8. The molecule has 0 bridgehead atoms. The second-order valence-corrected chi connectivity index (χ2v) is 17.1. The molecule has 9 nitrogen and oxygen atoms in total. The first-order valence-electron chi connectivity index (χ1n) is 22.3. The smallest absolute Gasteiger partial charge is 0.462 e. The van der Waals surface area contributed by atoms with Gasteiger partial charge in [0, 0.05) is 12.8 Å². The van der Waals surface area contributed by atoms with Crippen molar-refractivity contribution in [3.05, 3.63) is 85.1 Å². The summed E-state index contributed by atoms with van der Waals surface area (Å²) in [5.41, 5.74) is 0. The maximum absolute atomic E-state index is 12.7. The van der Waals surface area contributed by atoms with Crippen molar-refractivity contribution in [3.8, 4) is 0 Å². The lowest BCUT2D eigenvalue weighted by atomic mass is 10.1. The van der Waals surface area contributed by atoms with Gasteiger partial charge in [-0.1, -0.05) is 150 Å². The van der Waals surface area contributed by atoms with Crippen LogP contribution in [-0.2, 0) is 32.7 Å². The number of quaternary nitrogens is 1. The molecule has 1 N–H and O–H groups in total. The van der Waals surface area contributed by atoms with Gasteiger partial charge in [0.15, 0.2) is 6.10 Å². The Hall–Kier alpha value is -2.81. The van der Waals surface area contributed by atoms with Crippen molar-refractivity contribution in [2.45, 2.75) is 161 Å². The minimum Gasteiger partial charge on any atom is -0.462 e. The molecule has 1 unspecified atom stereocenters. The highest BCUT2D eigenvalue weighted by Crippen LogP contribution is 2.43. The zero-order valence-electron chi connectivity index (χ0n) is 37.2. The highest BCUT2D eigenvalue weighted by atomic mass is 31.2. The van der Waals surface area contributed by atoms with Crippen LogP contribution in [0.3, 0.4) is 0 Å². The number of phosphoric acid groups is 1. The van der Waals surface area contributed by atoms with E-state index in [1.54, 1.807) is 0 Å². The van der Waals surface area contributed by atoms with Crippen LogP contribution < -0.4 is 0 Å². The van der Waals surface area contributed by atoms with Crippen LogP contribution in [0.15, 0.2) is 85.1 Å². The Morgan fingerprint density at radius 2 is 1.02 bits per heavy atom. The second kappa shape index (κ2) is 39.6. The number of likely N-dealkylation sites (N-methyl/N-ethyl adjacent to an activating group) is 1. The molecule has 0 aromatic carbocycles.